The Morgan fingerprint density at radius 2 is 1.77 bits per heavy atom. The van der Waals surface area contributed by atoms with E-state index in [1.54, 1.807) is 4.90 Å². The van der Waals surface area contributed by atoms with Crippen LogP contribution in [0.2, 0.25) is 0 Å². The standard InChI is InChI=1S/C23H30N4O3/c1-25(16-5-3-2-4-6-16)18-13-26(14-18)17-7-8-19-15(11-17)12-27(23(19)30)20-9-10-21(28)24-22(20)29/h7-8,11,16,18,20H,2-6,9-10,12-14H2,1H3,(H,24,28,29). The van der Waals surface area contributed by atoms with Gasteiger partial charge in [0.25, 0.3) is 5.91 Å². The summed E-state index contributed by atoms with van der Waals surface area (Å²) in [7, 11) is 2.27. The van der Waals surface area contributed by atoms with Crippen molar-refractivity contribution in [3.63, 3.8) is 0 Å². The molecule has 0 radical (unpaired) electrons. The number of nitrogens with one attached hydrogen (secondary N) is 1. The van der Waals surface area contributed by atoms with Crippen LogP contribution in [0.25, 0.3) is 0 Å². The van der Waals surface area contributed by atoms with Crippen molar-refractivity contribution in [3.05, 3.63) is 29.3 Å². The molecule has 3 aliphatic heterocycles. The van der Waals surface area contributed by atoms with Gasteiger partial charge >= 0.3 is 0 Å². The van der Waals surface area contributed by atoms with E-state index < -0.39 is 6.04 Å². The highest BCUT2D eigenvalue weighted by Crippen LogP contribution is 2.33. The maximum absolute atomic E-state index is 12.8. The lowest BCUT2D eigenvalue weighted by Crippen LogP contribution is -2.61. The maximum Gasteiger partial charge on any atom is 0.255 e. The fourth-order valence-electron chi connectivity index (χ4n) is 5.47. The van der Waals surface area contributed by atoms with Crippen LogP contribution in [0.5, 0.6) is 0 Å². The summed E-state index contributed by atoms with van der Waals surface area (Å²) in [6.45, 7) is 2.49. The number of hydrogen-bond acceptors (Lipinski definition) is 5. The number of benzene rings is 1. The number of nitrogens with zero attached hydrogens (tertiary/aromatic N) is 3. The summed E-state index contributed by atoms with van der Waals surface area (Å²) >= 11 is 0. The topological polar surface area (TPSA) is 73.0 Å². The molecule has 0 aromatic heterocycles. The lowest BCUT2D eigenvalue weighted by atomic mass is 9.92. The molecule has 1 aromatic carbocycles. The zero-order valence-electron chi connectivity index (χ0n) is 17.6. The lowest BCUT2D eigenvalue weighted by Gasteiger charge is -2.48. The Kier molecular flexibility index (Phi) is 5.01. The summed E-state index contributed by atoms with van der Waals surface area (Å²) < 4.78 is 0. The van der Waals surface area contributed by atoms with Crippen LogP contribution in [0.3, 0.4) is 0 Å². The van der Waals surface area contributed by atoms with Crippen LogP contribution in [-0.4, -0.2) is 65.8 Å². The molecular weight excluding hydrogens is 380 g/mol. The molecule has 30 heavy (non-hydrogen) atoms. The molecule has 0 spiro atoms. The van der Waals surface area contributed by atoms with E-state index in [1.165, 1.54) is 32.1 Å². The predicted molar refractivity (Wildman–Crippen MR) is 113 cm³/mol. The number of carbonyl (C=O) groups is 3. The molecule has 7 heteroatoms. The predicted octanol–water partition coefficient (Wildman–Crippen LogP) is 1.90. The van der Waals surface area contributed by atoms with Gasteiger partial charge < -0.3 is 9.80 Å². The van der Waals surface area contributed by atoms with Crippen molar-refractivity contribution in [2.45, 2.75) is 69.6 Å². The number of amides is 3. The van der Waals surface area contributed by atoms with Gasteiger partial charge in [-0.15, -0.1) is 0 Å². The molecule has 5 rings (SSSR count). The summed E-state index contributed by atoms with van der Waals surface area (Å²) in [4.78, 5) is 43.1. The Bertz CT molecular complexity index is 873. The first-order chi connectivity index (χ1) is 14.5. The number of anilines is 1. The summed E-state index contributed by atoms with van der Waals surface area (Å²) in [6, 6.07) is 6.81. The molecular formula is C23H30N4O3. The highest BCUT2D eigenvalue weighted by atomic mass is 16.2. The van der Waals surface area contributed by atoms with Crippen molar-refractivity contribution in [2.75, 3.05) is 25.0 Å². The number of likely N-dealkylation sites (N-methyl/N-ethyl adjacent to an activating group) is 1. The molecule has 3 amide bonds. The lowest BCUT2D eigenvalue weighted by molar-refractivity contribution is -0.136. The smallest absolute Gasteiger partial charge is 0.255 e. The normalized spacial score (nSPS) is 25.5. The van der Waals surface area contributed by atoms with Gasteiger partial charge in [0.05, 0.1) is 0 Å². The van der Waals surface area contributed by atoms with E-state index in [4.69, 9.17) is 0 Å². The molecule has 1 unspecified atom stereocenters. The summed E-state index contributed by atoms with van der Waals surface area (Å²) in [5.41, 5.74) is 2.81. The first kappa shape index (κ1) is 19.5. The molecule has 0 bridgehead atoms. The minimum atomic E-state index is -0.552. The fourth-order valence-corrected chi connectivity index (χ4v) is 5.47. The van der Waals surface area contributed by atoms with Crippen LogP contribution in [-0.2, 0) is 16.1 Å². The van der Waals surface area contributed by atoms with Crippen LogP contribution >= 0.6 is 0 Å². The van der Waals surface area contributed by atoms with E-state index in [1.807, 2.05) is 12.1 Å². The van der Waals surface area contributed by atoms with Gasteiger partial charge in [-0.05, 0) is 50.1 Å². The van der Waals surface area contributed by atoms with E-state index in [2.05, 4.69) is 28.2 Å². The summed E-state index contributed by atoms with van der Waals surface area (Å²) in [5, 5.41) is 2.36. The number of fused-ring (bicyclic) bond motifs is 1. The first-order valence-corrected chi connectivity index (χ1v) is 11.3. The number of carbonyl (C=O) groups excluding carboxylic acids is 3. The van der Waals surface area contributed by atoms with Gasteiger partial charge in [-0.2, -0.15) is 0 Å². The molecule has 1 aromatic rings. The van der Waals surface area contributed by atoms with Gasteiger partial charge in [-0.25, -0.2) is 0 Å². The van der Waals surface area contributed by atoms with Gasteiger partial charge in [-0.1, -0.05) is 19.3 Å². The quantitative estimate of drug-likeness (QED) is 0.768. The van der Waals surface area contributed by atoms with Gasteiger partial charge in [0.2, 0.25) is 11.8 Å². The third-order valence-corrected chi connectivity index (χ3v) is 7.46. The fraction of sp³-hybridized carbons (Fsp3) is 0.609. The molecule has 3 fully saturated rings. The largest absolute Gasteiger partial charge is 0.368 e. The van der Waals surface area contributed by atoms with Crippen LogP contribution in [0, 0.1) is 0 Å². The maximum atomic E-state index is 12.8. The monoisotopic (exact) mass is 410 g/mol. The Balaban J connectivity index is 1.23. The Morgan fingerprint density at radius 1 is 1.00 bits per heavy atom. The summed E-state index contributed by atoms with van der Waals surface area (Å²) in [5.74, 6) is -0.721. The minimum Gasteiger partial charge on any atom is -0.368 e. The number of hydrogen-bond donors (Lipinski definition) is 1. The second-order valence-electron chi connectivity index (χ2n) is 9.26. The average Bonchev–Trinajstić information content (AvgIpc) is 3.03. The van der Waals surface area contributed by atoms with Crippen molar-refractivity contribution < 1.29 is 14.4 Å². The number of piperidine rings is 1. The van der Waals surface area contributed by atoms with E-state index in [0.717, 1.165) is 30.4 Å². The third kappa shape index (κ3) is 3.39. The molecule has 3 heterocycles. The van der Waals surface area contributed by atoms with Crippen molar-refractivity contribution >= 4 is 23.4 Å². The van der Waals surface area contributed by atoms with Gasteiger partial charge in [0.15, 0.2) is 0 Å². The molecule has 1 N–H and O–H groups in total. The average molecular weight is 411 g/mol. The highest BCUT2D eigenvalue weighted by Gasteiger charge is 2.40. The van der Waals surface area contributed by atoms with Crippen LogP contribution in [0.1, 0.15) is 60.9 Å². The Labute approximate surface area is 177 Å². The van der Waals surface area contributed by atoms with E-state index in [-0.39, 0.29) is 24.1 Å². The highest BCUT2D eigenvalue weighted by molar-refractivity contribution is 6.05. The van der Waals surface area contributed by atoms with E-state index >= 15 is 0 Å². The molecule has 2 saturated heterocycles. The molecule has 160 valence electrons. The molecule has 1 saturated carbocycles. The van der Waals surface area contributed by atoms with Crippen molar-refractivity contribution in [2.24, 2.45) is 0 Å². The second-order valence-corrected chi connectivity index (χ2v) is 9.26. The van der Waals surface area contributed by atoms with E-state index in [9.17, 15) is 14.4 Å². The van der Waals surface area contributed by atoms with Crippen LogP contribution in [0.4, 0.5) is 5.69 Å². The van der Waals surface area contributed by atoms with Crippen LogP contribution < -0.4 is 10.2 Å². The number of rotatable bonds is 4. The number of imide groups is 1. The van der Waals surface area contributed by atoms with Crippen molar-refractivity contribution in [1.29, 1.82) is 0 Å². The van der Waals surface area contributed by atoms with Crippen LogP contribution in [0.15, 0.2) is 18.2 Å². The zero-order valence-corrected chi connectivity index (χ0v) is 17.6. The molecule has 4 aliphatic rings. The minimum absolute atomic E-state index is 0.107. The SMILES string of the molecule is CN(C1CCCCC1)C1CN(c2ccc3c(c2)CN(C2CCC(=O)NC2=O)C3=O)C1. The summed E-state index contributed by atoms with van der Waals surface area (Å²) in [6.07, 6.45) is 7.42. The zero-order chi connectivity index (χ0) is 20.8. The first-order valence-electron chi connectivity index (χ1n) is 11.3. The van der Waals surface area contributed by atoms with Crippen molar-refractivity contribution in [3.8, 4) is 0 Å². The third-order valence-electron chi connectivity index (χ3n) is 7.46. The van der Waals surface area contributed by atoms with Gasteiger partial charge in [0.1, 0.15) is 6.04 Å². The molecule has 7 nitrogen and oxygen atoms in total. The second kappa shape index (κ2) is 7.69. The van der Waals surface area contributed by atoms with Gasteiger partial charge in [0, 0.05) is 49.4 Å². The Morgan fingerprint density at radius 3 is 2.50 bits per heavy atom. The van der Waals surface area contributed by atoms with Crippen molar-refractivity contribution in [1.82, 2.24) is 15.1 Å². The van der Waals surface area contributed by atoms with Gasteiger partial charge in [-0.3, -0.25) is 24.6 Å². The Hall–Kier alpha value is -2.41. The molecule has 1 atom stereocenters. The molecule has 1 aliphatic carbocycles. The van der Waals surface area contributed by atoms with E-state index in [0.29, 0.717) is 24.6 Å².